The van der Waals surface area contributed by atoms with E-state index in [0.717, 1.165) is 16.9 Å². The van der Waals surface area contributed by atoms with E-state index in [2.05, 4.69) is 26.8 Å². The van der Waals surface area contributed by atoms with Gasteiger partial charge in [-0.25, -0.2) is 10.4 Å². The first-order chi connectivity index (χ1) is 22.2. The highest BCUT2D eigenvalue weighted by Crippen LogP contribution is 2.38. The number of fused-ring (bicyclic) bond motifs is 1. The van der Waals surface area contributed by atoms with Crippen LogP contribution in [0, 0.1) is 17.2 Å². The van der Waals surface area contributed by atoms with Crippen molar-refractivity contribution in [3.63, 3.8) is 0 Å². The molecule has 240 valence electrons. The molecule has 2 atom stereocenters. The number of hydrazine groups is 1. The number of anilines is 1. The summed E-state index contributed by atoms with van der Waals surface area (Å²) in [6.45, 7) is 3.13. The minimum atomic E-state index is -4.66. The SMILES string of the molecule is N#Cc1ccc(N2CCN(C(=O)c3cccc(OCCOc4cccc5c4CN(C4CNNC(=O)C4C(F)(F)F)C5)c3)CC2)nc1. The number of amides is 2. The highest BCUT2D eigenvalue weighted by Gasteiger charge is 2.53. The van der Waals surface area contributed by atoms with Crippen molar-refractivity contribution >= 4 is 17.6 Å². The second kappa shape index (κ2) is 13.2. The average Bonchev–Trinajstić information content (AvgIpc) is 3.51. The van der Waals surface area contributed by atoms with Crippen LogP contribution in [0.5, 0.6) is 11.5 Å². The summed E-state index contributed by atoms with van der Waals surface area (Å²) in [6, 6.07) is 16.9. The van der Waals surface area contributed by atoms with Crippen LogP contribution in [0.25, 0.3) is 0 Å². The van der Waals surface area contributed by atoms with E-state index in [1.54, 1.807) is 52.3 Å². The number of hydrogen-bond acceptors (Lipinski definition) is 9. The summed E-state index contributed by atoms with van der Waals surface area (Å²) in [5, 5.41) is 8.98. The molecule has 0 saturated carbocycles. The van der Waals surface area contributed by atoms with Crippen LogP contribution in [0.4, 0.5) is 19.0 Å². The molecule has 11 nitrogen and oxygen atoms in total. The van der Waals surface area contributed by atoms with Gasteiger partial charge in [0.1, 0.15) is 36.6 Å². The van der Waals surface area contributed by atoms with Gasteiger partial charge in [-0.2, -0.15) is 18.4 Å². The molecule has 0 bridgehead atoms. The van der Waals surface area contributed by atoms with Crippen LogP contribution in [0.3, 0.4) is 0 Å². The van der Waals surface area contributed by atoms with Crippen LogP contribution >= 0.6 is 0 Å². The number of benzene rings is 2. The van der Waals surface area contributed by atoms with Gasteiger partial charge in [-0.1, -0.05) is 18.2 Å². The van der Waals surface area contributed by atoms with Crippen molar-refractivity contribution in [3.05, 3.63) is 83.0 Å². The van der Waals surface area contributed by atoms with Crippen LogP contribution in [-0.4, -0.2) is 84.8 Å². The number of hydrogen-bond donors (Lipinski definition) is 2. The third-order valence-corrected chi connectivity index (χ3v) is 8.43. The van der Waals surface area contributed by atoms with E-state index in [0.29, 0.717) is 48.8 Å². The lowest BCUT2D eigenvalue weighted by Crippen LogP contribution is -2.63. The van der Waals surface area contributed by atoms with E-state index < -0.39 is 24.0 Å². The molecule has 2 N–H and O–H groups in total. The van der Waals surface area contributed by atoms with Crippen LogP contribution < -0.4 is 25.2 Å². The molecular weight excluding hydrogens is 603 g/mol. The summed E-state index contributed by atoms with van der Waals surface area (Å²) in [5.41, 5.74) is 7.33. The van der Waals surface area contributed by atoms with Gasteiger partial charge >= 0.3 is 6.18 Å². The summed E-state index contributed by atoms with van der Waals surface area (Å²) < 4.78 is 53.0. The molecule has 2 aromatic carbocycles. The second-order valence-corrected chi connectivity index (χ2v) is 11.3. The smallest absolute Gasteiger partial charge is 0.402 e. The first-order valence-electron chi connectivity index (χ1n) is 14.9. The van der Waals surface area contributed by atoms with Crippen molar-refractivity contribution in [2.24, 2.45) is 5.92 Å². The van der Waals surface area contributed by atoms with E-state index in [1.807, 2.05) is 12.1 Å². The Kier molecular flexibility index (Phi) is 8.96. The zero-order valence-electron chi connectivity index (χ0n) is 24.8. The summed E-state index contributed by atoms with van der Waals surface area (Å²) in [6.07, 6.45) is -3.12. The maximum Gasteiger partial charge on any atom is 0.402 e. The lowest BCUT2D eigenvalue weighted by Gasteiger charge is -2.38. The number of aromatic nitrogens is 1. The molecule has 3 aromatic rings. The van der Waals surface area contributed by atoms with Gasteiger partial charge in [0.05, 0.1) is 5.56 Å². The van der Waals surface area contributed by atoms with Crippen molar-refractivity contribution in [1.82, 2.24) is 25.6 Å². The lowest BCUT2D eigenvalue weighted by atomic mass is 9.95. The van der Waals surface area contributed by atoms with E-state index in [-0.39, 0.29) is 38.8 Å². The number of rotatable bonds is 8. The molecule has 2 fully saturated rings. The Morgan fingerprint density at radius 2 is 1.80 bits per heavy atom. The van der Waals surface area contributed by atoms with Crippen LogP contribution in [0.2, 0.25) is 0 Å². The molecule has 3 aliphatic rings. The zero-order valence-corrected chi connectivity index (χ0v) is 24.8. The summed E-state index contributed by atoms with van der Waals surface area (Å²) in [4.78, 5) is 35.1. The minimum Gasteiger partial charge on any atom is -0.490 e. The van der Waals surface area contributed by atoms with Gasteiger partial charge in [-0.05, 0) is 42.0 Å². The van der Waals surface area contributed by atoms with E-state index >= 15 is 0 Å². The first kappa shape index (κ1) is 31.1. The number of halogens is 3. The number of carbonyl (C=O) groups excluding carboxylic acids is 2. The Balaban J connectivity index is 1.00. The molecule has 0 spiro atoms. The Hall–Kier alpha value is -4.87. The first-order valence-corrected chi connectivity index (χ1v) is 14.9. The van der Waals surface area contributed by atoms with Crippen molar-refractivity contribution in [2.75, 3.05) is 50.8 Å². The van der Waals surface area contributed by atoms with E-state index in [1.165, 1.54) is 6.20 Å². The van der Waals surface area contributed by atoms with Crippen molar-refractivity contribution in [2.45, 2.75) is 25.3 Å². The molecule has 0 radical (unpaired) electrons. The third-order valence-electron chi connectivity index (χ3n) is 8.43. The number of nitriles is 1. The predicted octanol–water partition coefficient (Wildman–Crippen LogP) is 2.87. The Morgan fingerprint density at radius 1 is 1.02 bits per heavy atom. The van der Waals surface area contributed by atoms with Gasteiger partial charge in [0, 0.05) is 69.2 Å². The standard InChI is InChI=1S/C32H32F3N7O4/c33-32(34,35)29-26(18-38-39-30(29)43)42-19-23-4-2-6-27(25(23)20-42)46-14-13-45-24-5-1-3-22(15-24)31(44)41-11-9-40(10-12-41)28-8-7-21(16-36)17-37-28/h1-8,15,17,26,29,38H,9-14,18-20H2,(H,39,43). The number of alkyl halides is 3. The van der Waals surface area contributed by atoms with Crippen LogP contribution in [0.15, 0.2) is 60.8 Å². The normalized spacial score (nSPS) is 20.1. The Morgan fingerprint density at radius 3 is 2.54 bits per heavy atom. The number of nitrogens with zero attached hydrogens (tertiary/aromatic N) is 5. The molecule has 3 aliphatic heterocycles. The molecule has 4 heterocycles. The Bertz CT molecular complexity index is 1620. The Labute approximate surface area is 263 Å². The molecule has 14 heteroatoms. The monoisotopic (exact) mass is 635 g/mol. The molecular formula is C32H32F3N7O4. The molecule has 1 aromatic heterocycles. The second-order valence-electron chi connectivity index (χ2n) is 11.3. The largest absolute Gasteiger partial charge is 0.490 e. The minimum absolute atomic E-state index is 0.0260. The number of pyridine rings is 1. The summed E-state index contributed by atoms with van der Waals surface area (Å²) in [5.74, 6) is -1.47. The van der Waals surface area contributed by atoms with Crippen molar-refractivity contribution in [3.8, 4) is 17.6 Å². The number of carbonyl (C=O) groups is 2. The number of piperazine rings is 1. The van der Waals surface area contributed by atoms with Gasteiger partial charge in [-0.15, -0.1) is 0 Å². The van der Waals surface area contributed by atoms with E-state index in [4.69, 9.17) is 14.7 Å². The van der Waals surface area contributed by atoms with Gasteiger partial charge < -0.3 is 19.3 Å². The lowest BCUT2D eigenvalue weighted by molar-refractivity contribution is -0.201. The summed E-state index contributed by atoms with van der Waals surface area (Å²) in [7, 11) is 0. The van der Waals surface area contributed by atoms with Crippen molar-refractivity contribution < 1.29 is 32.2 Å². The topological polar surface area (TPSA) is 123 Å². The molecule has 2 saturated heterocycles. The van der Waals surface area contributed by atoms with Crippen LogP contribution in [-0.2, 0) is 17.9 Å². The molecule has 46 heavy (non-hydrogen) atoms. The van der Waals surface area contributed by atoms with Crippen molar-refractivity contribution in [1.29, 1.82) is 5.26 Å². The fourth-order valence-corrected chi connectivity index (χ4v) is 6.10. The van der Waals surface area contributed by atoms with Crippen LogP contribution in [0.1, 0.15) is 27.0 Å². The maximum absolute atomic E-state index is 13.7. The van der Waals surface area contributed by atoms with Gasteiger partial charge in [0.15, 0.2) is 5.92 Å². The number of ether oxygens (including phenoxy) is 2. The van der Waals surface area contributed by atoms with E-state index in [9.17, 15) is 22.8 Å². The fraction of sp³-hybridized carbons (Fsp3) is 0.375. The molecule has 0 aliphatic carbocycles. The average molecular weight is 636 g/mol. The quantitative estimate of drug-likeness (QED) is 0.360. The highest BCUT2D eigenvalue weighted by atomic mass is 19.4. The number of nitrogens with one attached hydrogen (secondary N) is 2. The highest BCUT2D eigenvalue weighted by molar-refractivity contribution is 5.94. The summed E-state index contributed by atoms with van der Waals surface area (Å²) >= 11 is 0. The fourth-order valence-electron chi connectivity index (χ4n) is 6.10. The molecule has 2 amide bonds. The molecule has 2 unspecified atom stereocenters. The maximum atomic E-state index is 13.7. The molecule has 6 rings (SSSR count). The van der Waals surface area contributed by atoms with Gasteiger partial charge in [0.2, 0.25) is 5.91 Å². The zero-order chi connectivity index (χ0) is 32.3. The van der Waals surface area contributed by atoms with Gasteiger partial charge in [-0.3, -0.25) is 19.9 Å². The van der Waals surface area contributed by atoms with Gasteiger partial charge in [0.25, 0.3) is 5.91 Å². The predicted molar refractivity (Wildman–Crippen MR) is 160 cm³/mol. The third kappa shape index (κ3) is 6.70.